The Bertz CT molecular complexity index is 1250. The molecule has 0 amide bonds. The second-order valence-corrected chi connectivity index (χ2v) is 7.85. The zero-order valence-corrected chi connectivity index (χ0v) is 17.4. The van der Waals surface area contributed by atoms with Crippen LogP contribution >= 0.6 is 0 Å². The minimum absolute atomic E-state index is 0.167. The number of halogens is 5. The Hall–Kier alpha value is -3.77. The molecule has 0 fully saturated rings. The normalized spacial score (nSPS) is 14.8. The quantitative estimate of drug-likeness (QED) is 0.531. The summed E-state index contributed by atoms with van der Waals surface area (Å²) in [4.78, 5) is 24.1. The van der Waals surface area contributed by atoms with Crippen molar-refractivity contribution in [1.29, 1.82) is 0 Å². The highest BCUT2D eigenvalue weighted by Gasteiger charge is 2.35. The molecular formula is C20H16F5N5O3. The van der Waals surface area contributed by atoms with Gasteiger partial charge < -0.3 is 14.4 Å². The number of aromatic nitrogens is 4. The van der Waals surface area contributed by atoms with Gasteiger partial charge in [-0.3, -0.25) is 4.57 Å². The highest BCUT2D eigenvalue weighted by molar-refractivity contribution is 5.49. The second kappa shape index (κ2) is 7.67. The molecule has 33 heavy (non-hydrogen) atoms. The van der Waals surface area contributed by atoms with Crippen molar-refractivity contribution in [2.75, 3.05) is 11.9 Å². The van der Waals surface area contributed by atoms with Crippen molar-refractivity contribution < 1.29 is 31.4 Å². The van der Waals surface area contributed by atoms with Gasteiger partial charge in [0.05, 0.1) is 24.5 Å². The standard InChI is InChI=1S/C20H16F5N5O3/c1-19(2)9-30-15(29(19)3)6-14(28-18(30)31)32-10-4-12(21)16(13(22)5-10)33-11-7-26-17(27-8-11)20(23,24)25/h4-8H,9H2,1-3H3. The Morgan fingerprint density at radius 3 is 2.18 bits per heavy atom. The minimum Gasteiger partial charge on any atom is -0.448 e. The monoisotopic (exact) mass is 469 g/mol. The highest BCUT2D eigenvalue weighted by atomic mass is 19.4. The SMILES string of the molecule is CN1c2cc(Oc3cc(F)c(Oc4cnc(C(F)(F)F)nc4)c(F)c3)nc(=O)n2CC1(C)C. The van der Waals surface area contributed by atoms with Crippen molar-refractivity contribution in [2.24, 2.45) is 0 Å². The maximum absolute atomic E-state index is 14.5. The number of likely N-dealkylation sites (N-methyl/N-ethyl adjacent to an activating group) is 1. The fourth-order valence-electron chi connectivity index (χ4n) is 3.20. The van der Waals surface area contributed by atoms with Crippen LogP contribution in [0, 0.1) is 11.6 Å². The predicted molar refractivity (Wildman–Crippen MR) is 105 cm³/mol. The topological polar surface area (TPSA) is 82.4 Å². The molecule has 1 aliphatic rings. The molecule has 0 saturated carbocycles. The number of fused-ring (bicyclic) bond motifs is 1. The summed E-state index contributed by atoms with van der Waals surface area (Å²) in [6.07, 6.45) is -3.50. The van der Waals surface area contributed by atoms with E-state index in [1.54, 1.807) is 7.05 Å². The van der Waals surface area contributed by atoms with Crippen LogP contribution in [0.25, 0.3) is 0 Å². The zero-order chi connectivity index (χ0) is 24.1. The summed E-state index contributed by atoms with van der Waals surface area (Å²) in [7, 11) is 1.79. The lowest BCUT2D eigenvalue weighted by atomic mass is 10.1. The molecule has 1 aromatic carbocycles. The third-order valence-corrected chi connectivity index (χ3v) is 5.06. The van der Waals surface area contributed by atoms with Gasteiger partial charge in [0.15, 0.2) is 23.1 Å². The molecule has 13 heteroatoms. The Morgan fingerprint density at radius 1 is 1.00 bits per heavy atom. The Kier molecular flexibility index (Phi) is 5.21. The lowest BCUT2D eigenvalue weighted by molar-refractivity contribution is -0.145. The van der Waals surface area contributed by atoms with Crippen LogP contribution in [0.3, 0.4) is 0 Å². The summed E-state index contributed by atoms with van der Waals surface area (Å²) in [5.41, 5.74) is -0.922. The number of hydrogen-bond donors (Lipinski definition) is 0. The van der Waals surface area contributed by atoms with E-state index in [1.807, 2.05) is 18.7 Å². The molecule has 2 aromatic heterocycles. The second-order valence-electron chi connectivity index (χ2n) is 7.85. The van der Waals surface area contributed by atoms with Crippen LogP contribution in [0.1, 0.15) is 19.7 Å². The van der Waals surface area contributed by atoms with E-state index in [1.165, 1.54) is 10.6 Å². The van der Waals surface area contributed by atoms with Crippen molar-refractivity contribution in [2.45, 2.75) is 32.1 Å². The molecule has 0 unspecified atom stereocenters. The maximum atomic E-state index is 14.5. The highest BCUT2D eigenvalue weighted by Crippen LogP contribution is 2.35. The fraction of sp³-hybridized carbons (Fsp3) is 0.300. The third kappa shape index (κ3) is 4.30. The fourth-order valence-corrected chi connectivity index (χ4v) is 3.20. The first-order valence-electron chi connectivity index (χ1n) is 9.45. The van der Waals surface area contributed by atoms with E-state index in [0.29, 0.717) is 24.8 Å². The first-order valence-corrected chi connectivity index (χ1v) is 9.45. The van der Waals surface area contributed by atoms with Crippen LogP contribution in [0.5, 0.6) is 23.1 Å². The lowest BCUT2D eigenvalue weighted by Gasteiger charge is -2.28. The molecule has 0 aliphatic carbocycles. The van der Waals surface area contributed by atoms with Gasteiger partial charge in [-0.15, -0.1) is 0 Å². The van der Waals surface area contributed by atoms with Crippen LogP contribution in [0.15, 0.2) is 35.4 Å². The molecule has 0 bridgehead atoms. The number of nitrogens with zero attached hydrogens (tertiary/aromatic N) is 5. The number of benzene rings is 1. The van der Waals surface area contributed by atoms with Gasteiger partial charge in [-0.05, 0) is 13.8 Å². The van der Waals surface area contributed by atoms with Crippen molar-refractivity contribution >= 4 is 5.82 Å². The predicted octanol–water partition coefficient (Wildman–Crippen LogP) is 4.14. The molecule has 3 aromatic rings. The molecule has 0 radical (unpaired) electrons. The van der Waals surface area contributed by atoms with Gasteiger partial charge in [0, 0.05) is 25.2 Å². The number of rotatable bonds is 4. The number of hydrogen-bond acceptors (Lipinski definition) is 7. The van der Waals surface area contributed by atoms with Crippen LogP contribution in [-0.4, -0.2) is 32.1 Å². The summed E-state index contributed by atoms with van der Waals surface area (Å²) in [5.74, 6) is -5.09. The van der Waals surface area contributed by atoms with Gasteiger partial charge in [0.2, 0.25) is 11.7 Å². The van der Waals surface area contributed by atoms with Gasteiger partial charge in [0.1, 0.15) is 11.6 Å². The largest absolute Gasteiger partial charge is 0.451 e. The van der Waals surface area contributed by atoms with E-state index >= 15 is 0 Å². The van der Waals surface area contributed by atoms with Crippen LogP contribution in [0.2, 0.25) is 0 Å². The van der Waals surface area contributed by atoms with Crippen molar-refractivity contribution in [1.82, 2.24) is 19.5 Å². The van der Waals surface area contributed by atoms with Crippen LogP contribution < -0.4 is 20.1 Å². The zero-order valence-electron chi connectivity index (χ0n) is 17.4. The Balaban J connectivity index is 1.57. The summed E-state index contributed by atoms with van der Waals surface area (Å²) in [5, 5.41) is 0. The van der Waals surface area contributed by atoms with E-state index in [0.717, 1.165) is 12.1 Å². The van der Waals surface area contributed by atoms with E-state index in [2.05, 4.69) is 15.0 Å². The lowest BCUT2D eigenvalue weighted by Crippen LogP contribution is -2.38. The van der Waals surface area contributed by atoms with Gasteiger partial charge >= 0.3 is 11.9 Å². The van der Waals surface area contributed by atoms with Gasteiger partial charge in [-0.25, -0.2) is 23.5 Å². The molecule has 1 aliphatic heterocycles. The molecule has 8 nitrogen and oxygen atoms in total. The molecular weight excluding hydrogens is 453 g/mol. The average Bonchev–Trinajstić information content (AvgIpc) is 2.94. The Morgan fingerprint density at radius 2 is 1.61 bits per heavy atom. The smallest absolute Gasteiger partial charge is 0.448 e. The van der Waals surface area contributed by atoms with E-state index in [4.69, 9.17) is 9.47 Å². The number of alkyl halides is 3. The van der Waals surface area contributed by atoms with Crippen LogP contribution in [0.4, 0.5) is 27.8 Å². The molecule has 0 N–H and O–H groups in total. The molecule has 174 valence electrons. The average molecular weight is 469 g/mol. The third-order valence-electron chi connectivity index (χ3n) is 5.06. The summed E-state index contributed by atoms with van der Waals surface area (Å²) in [6.45, 7) is 4.28. The van der Waals surface area contributed by atoms with Gasteiger partial charge in [-0.1, -0.05) is 0 Å². The number of ether oxygens (including phenoxy) is 2. The first kappa shape index (κ1) is 22.4. The molecule has 4 rings (SSSR count). The van der Waals surface area contributed by atoms with Crippen molar-refractivity contribution in [3.05, 3.63) is 58.5 Å². The van der Waals surface area contributed by atoms with Gasteiger partial charge in [0.25, 0.3) is 0 Å². The molecule has 0 atom stereocenters. The van der Waals surface area contributed by atoms with E-state index in [-0.39, 0.29) is 17.2 Å². The van der Waals surface area contributed by atoms with Crippen molar-refractivity contribution in [3.8, 4) is 23.1 Å². The maximum Gasteiger partial charge on any atom is 0.451 e. The summed E-state index contributed by atoms with van der Waals surface area (Å²) in [6, 6.07) is 3.03. The molecule has 0 spiro atoms. The minimum atomic E-state index is -4.77. The summed E-state index contributed by atoms with van der Waals surface area (Å²) < 4.78 is 78.3. The van der Waals surface area contributed by atoms with Crippen LogP contribution in [-0.2, 0) is 12.7 Å². The first-order chi connectivity index (χ1) is 15.3. The Labute approximate surface area is 183 Å². The molecule has 3 heterocycles. The molecule has 0 saturated heterocycles. The van der Waals surface area contributed by atoms with Gasteiger partial charge in [-0.2, -0.15) is 18.2 Å². The van der Waals surface area contributed by atoms with E-state index < -0.39 is 40.8 Å². The summed E-state index contributed by atoms with van der Waals surface area (Å²) >= 11 is 0. The number of anilines is 1. The van der Waals surface area contributed by atoms with Crippen molar-refractivity contribution in [3.63, 3.8) is 0 Å². The van der Waals surface area contributed by atoms with E-state index in [9.17, 15) is 26.7 Å².